The van der Waals surface area contributed by atoms with Crippen LogP contribution in [0.15, 0.2) is 406 Å². The Morgan fingerprint density at radius 2 is 0.444 bits per heavy atom. The molecule has 117 heavy (non-hydrogen) atoms. The topological polar surface area (TPSA) is 16.3 Å². The van der Waals surface area contributed by atoms with E-state index >= 15 is 0 Å². The minimum absolute atomic E-state index is 0.315. The quantitative estimate of drug-likeness (QED) is 0.0729. The predicted octanol–water partition coefficient (Wildman–Crippen LogP) is 28.3. The van der Waals surface area contributed by atoms with Gasteiger partial charge in [0.05, 0.1) is 33.4 Å². The molecule has 0 saturated carbocycles. The van der Waals surface area contributed by atoms with Crippen LogP contribution in [0, 0.1) is 0 Å². The van der Waals surface area contributed by atoms with Gasteiger partial charge in [-0.15, -0.1) is 0 Å². The maximum absolute atomic E-state index is 2.73. The van der Waals surface area contributed by atoms with Gasteiger partial charge in [-0.1, -0.05) is 322 Å². The molecule has 0 bridgehead atoms. The molecular formula is C112H67BN4. The normalized spacial score (nSPS) is 12.7. The molecule has 0 unspecified atom stereocenters. The summed E-state index contributed by atoms with van der Waals surface area (Å²) < 4.78 is 5.19. The highest BCUT2D eigenvalue weighted by molar-refractivity contribution is 7.00. The first kappa shape index (κ1) is 64.2. The van der Waals surface area contributed by atoms with Crippen molar-refractivity contribution >= 4 is 165 Å². The zero-order chi connectivity index (χ0) is 76.2. The van der Waals surface area contributed by atoms with E-state index in [1.165, 1.54) is 125 Å². The van der Waals surface area contributed by atoms with Crippen molar-refractivity contribution in [3.05, 3.63) is 406 Å². The minimum atomic E-state index is -0.315. The molecule has 0 amide bonds. The van der Waals surface area contributed by atoms with E-state index in [9.17, 15) is 0 Å². The third-order valence-electron chi connectivity index (χ3n) is 26.0. The summed E-state index contributed by atoms with van der Waals surface area (Å²) in [5.41, 5.74) is 32.9. The maximum Gasteiger partial charge on any atom is 0.252 e. The molecule has 24 aromatic rings. The van der Waals surface area contributed by atoms with E-state index in [0.29, 0.717) is 0 Å². The molecule has 26 rings (SSSR count). The number of anilines is 6. The second-order valence-corrected chi connectivity index (χ2v) is 32.0. The third-order valence-corrected chi connectivity index (χ3v) is 26.0. The van der Waals surface area contributed by atoms with Crippen LogP contribution >= 0.6 is 0 Å². The van der Waals surface area contributed by atoms with Crippen LogP contribution in [0.1, 0.15) is 0 Å². The van der Waals surface area contributed by atoms with Gasteiger partial charge in [0.15, 0.2) is 0 Å². The van der Waals surface area contributed by atoms with Crippen LogP contribution in [0.3, 0.4) is 0 Å². The van der Waals surface area contributed by atoms with E-state index in [4.69, 9.17) is 0 Å². The fourth-order valence-corrected chi connectivity index (χ4v) is 21.2. The monoisotopic (exact) mass is 1480 g/mol. The lowest BCUT2D eigenvalue weighted by Crippen LogP contribution is -2.61. The van der Waals surface area contributed by atoms with Crippen molar-refractivity contribution < 1.29 is 0 Å². The Kier molecular flexibility index (Phi) is 13.5. The molecular weight excluding hydrogens is 1410 g/mol. The van der Waals surface area contributed by atoms with Crippen LogP contribution in [0.25, 0.3) is 198 Å². The Balaban J connectivity index is 0.842. The van der Waals surface area contributed by atoms with Gasteiger partial charge in [0, 0.05) is 77.9 Å². The van der Waals surface area contributed by atoms with Crippen molar-refractivity contribution in [2.45, 2.75) is 0 Å². The second kappa shape index (κ2) is 24.6. The molecule has 2 aromatic heterocycles. The molecule has 4 heterocycles. The second-order valence-electron chi connectivity index (χ2n) is 32.0. The predicted molar refractivity (Wildman–Crippen MR) is 497 cm³/mol. The van der Waals surface area contributed by atoms with E-state index in [1.54, 1.807) is 0 Å². The Labute approximate surface area is 675 Å². The molecule has 0 atom stereocenters. The van der Waals surface area contributed by atoms with Gasteiger partial charge in [-0.25, -0.2) is 0 Å². The van der Waals surface area contributed by atoms with Crippen molar-refractivity contribution in [2.75, 3.05) is 9.80 Å². The summed E-state index contributed by atoms with van der Waals surface area (Å²) >= 11 is 0. The zero-order valence-electron chi connectivity index (χ0n) is 63.5. The first-order chi connectivity index (χ1) is 58.1. The van der Waals surface area contributed by atoms with E-state index in [-0.39, 0.29) is 6.71 Å². The largest absolute Gasteiger partial charge is 0.310 e. The fraction of sp³-hybridized carbons (Fsp3) is 0. The molecule has 0 N–H and O–H groups in total. The SMILES string of the molecule is c1ccc(-c2cc(-c3ccccc3)c(N3c4cc(-n5c6ccc7cccc8c9cccc%10ccc5c(c%109)c6c78)ccc4B4c5ccc(-n6c7ccc8cccc9c%10cccc%11ccc6c(c%11%10)c7c89)cc5N(c5c(-c6ccccc6)cc(-c6ccccc6)cc5-c5ccccc5)c5cc(-c6ccccc6)cc3c54)c(-c3ccccc3)c2)cc1. The summed E-state index contributed by atoms with van der Waals surface area (Å²) in [5.74, 6) is 0. The van der Waals surface area contributed by atoms with Gasteiger partial charge >= 0.3 is 0 Å². The van der Waals surface area contributed by atoms with Gasteiger partial charge in [-0.05, 0) is 222 Å². The summed E-state index contributed by atoms with van der Waals surface area (Å²) in [7, 11) is 0. The van der Waals surface area contributed by atoms with Crippen LogP contribution in [0.4, 0.5) is 34.1 Å². The van der Waals surface area contributed by atoms with Crippen molar-refractivity contribution in [3.8, 4) is 89.3 Å². The van der Waals surface area contributed by atoms with E-state index < -0.39 is 0 Å². The molecule has 0 spiro atoms. The number of benzene rings is 22. The first-order valence-corrected chi connectivity index (χ1v) is 40.7. The van der Waals surface area contributed by atoms with Crippen LogP contribution < -0.4 is 26.2 Å². The standard InChI is InChI=1S/C112H67BN4/c1-8-26-68(27-9-1)79-60-88(71-32-14-4-15-33-71)111(89(61-79)72-34-16-5-17-35-72)116-98-66-82(114-94-56-48-75-40-22-44-84-85-45-23-41-76-49-57-95(114)107(103(76)85)106(94)102(75)84)52-54-92(98)113-93-55-53-83(115-96-58-50-77-42-24-46-86-87-47-25-43-78-51-59-97(115)109(105(78)87)108(96)104(77)86)67-99(93)117(101-65-81(64-100(116)110(101)113)70-30-12-3-13-31-70)112-90(73-36-18-6-19-37-73)62-80(69-28-10-2-11-29-69)63-91(112)74-38-20-7-21-39-74/h1-67H. The van der Waals surface area contributed by atoms with Gasteiger partial charge in [0.1, 0.15) is 0 Å². The number of nitrogens with zero attached hydrogens (tertiary/aromatic N) is 4. The first-order valence-electron chi connectivity index (χ1n) is 40.7. The lowest BCUT2D eigenvalue weighted by atomic mass is 9.33. The van der Waals surface area contributed by atoms with Crippen LogP contribution in [-0.2, 0) is 0 Å². The van der Waals surface area contributed by atoms with Crippen molar-refractivity contribution in [2.24, 2.45) is 0 Å². The van der Waals surface area contributed by atoms with Crippen molar-refractivity contribution in [1.82, 2.24) is 9.13 Å². The molecule has 5 heteroatoms. The van der Waals surface area contributed by atoms with Crippen LogP contribution in [-0.4, -0.2) is 15.8 Å². The average Bonchev–Trinajstić information content (AvgIpc) is 1.60. The highest BCUT2D eigenvalue weighted by atomic mass is 15.2. The third kappa shape index (κ3) is 9.19. The van der Waals surface area contributed by atoms with E-state index in [2.05, 4.69) is 425 Å². The molecule has 0 fully saturated rings. The summed E-state index contributed by atoms with van der Waals surface area (Å²) in [5, 5.41) is 20.6. The Bertz CT molecular complexity index is 7380. The Morgan fingerprint density at radius 1 is 0.179 bits per heavy atom. The summed E-state index contributed by atoms with van der Waals surface area (Å²) in [6.07, 6.45) is 0. The highest BCUT2D eigenvalue weighted by Crippen LogP contribution is 2.58. The van der Waals surface area contributed by atoms with Crippen molar-refractivity contribution in [3.63, 3.8) is 0 Å². The van der Waals surface area contributed by atoms with E-state index in [0.717, 1.165) is 123 Å². The van der Waals surface area contributed by atoms with Crippen LogP contribution in [0.5, 0.6) is 0 Å². The fourth-order valence-electron chi connectivity index (χ4n) is 21.2. The maximum atomic E-state index is 2.73. The number of aromatic nitrogens is 2. The Morgan fingerprint density at radius 3 is 0.726 bits per heavy atom. The molecule has 0 radical (unpaired) electrons. The molecule has 2 aliphatic heterocycles. The summed E-state index contributed by atoms with van der Waals surface area (Å²) in [4.78, 5) is 5.46. The highest BCUT2D eigenvalue weighted by Gasteiger charge is 2.46. The van der Waals surface area contributed by atoms with Crippen LogP contribution in [0.2, 0.25) is 0 Å². The number of hydrogen-bond acceptors (Lipinski definition) is 2. The zero-order valence-corrected chi connectivity index (χ0v) is 63.5. The number of rotatable bonds is 11. The molecule has 0 saturated heterocycles. The molecule has 538 valence electrons. The average molecular weight is 1480 g/mol. The lowest BCUT2D eigenvalue weighted by Gasteiger charge is -2.46. The molecule has 0 aliphatic carbocycles. The number of fused-ring (bicyclic) bond motifs is 6. The summed E-state index contributed by atoms with van der Waals surface area (Å²) in [6.45, 7) is -0.315. The van der Waals surface area contributed by atoms with Crippen molar-refractivity contribution in [1.29, 1.82) is 0 Å². The van der Waals surface area contributed by atoms with Gasteiger partial charge < -0.3 is 18.9 Å². The Hall–Kier alpha value is -15.3. The van der Waals surface area contributed by atoms with Gasteiger partial charge in [-0.2, -0.15) is 0 Å². The van der Waals surface area contributed by atoms with Gasteiger partial charge in [-0.3, -0.25) is 0 Å². The van der Waals surface area contributed by atoms with E-state index in [1.807, 2.05) is 0 Å². The van der Waals surface area contributed by atoms with Gasteiger partial charge in [0.2, 0.25) is 0 Å². The molecule has 4 nitrogen and oxygen atoms in total. The smallest absolute Gasteiger partial charge is 0.252 e. The number of hydrogen-bond donors (Lipinski definition) is 0. The minimum Gasteiger partial charge on any atom is -0.310 e. The molecule has 22 aromatic carbocycles. The summed E-state index contributed by atoms with van der Waals surface area (Å²) in [6, 6.07) is 155. The lowest BCUT2D eigenvalue weighted by molar-refractivity contribution is 1.17. The van der Waals surface area contributed by atoms with Gasteiger partial charge in [0.25, 0.3) is 6.71 Å². The molecule has 2 aliphatic rings.